The molecular formula is C11H20F3NO. The second kappa shape index (κ2) is 6.45. The van der Waals surface area contributed by atoms with E-state index in [-0.39, 0.29) is 6.61 Å². The van der Waals surface area contributed by atoms with Crippen LogP contribution < -0.4 is 5.32 Å². The van der Waals surface area contributed by atoms with Crippen LogP contribution in [0, 0.1) is 5.92 Å². The van der Waals surface area contributed by atoms with Gasteiger partial charge in [0, 0.05) is 12.6 Å². The molecule has 1 fully saturated rings. The number of hydrogen-bond donors (Lipinski definition) is 1. The van der Waals surface area contributed by atoms with Crippen molar-refractivity contribution in [1.82, 2.24) is 5.32 Å². The molecule has 1 rings (SSSR count). The van der Waals surface area contributed by atoms with Gasteiger partial charge in [-0.2, -0.15) is 13.2 Å². The van der Waals surface area contributed by atoms with Gasteiger partial charge in [-0.25, -0.2) is 0 Å². The minimum atomic E-state index is -4.19. The molecule has 1 atom stereocenters. The summed E-state index contributed by atoms with van der Waals surface area (Å²) >= 11 is 0. The van der Waals surface area contributed by atoms with Crippen molar-refractivity contribution in [3.8, 4) is 0 Å². The molecule has 0 aliphatic heterocycles. The number of rotatable bonds is 8. The van der Waals surface area contributed by atoms with E-state index in [0.717, 1.165) is 18.8 Å². The Morgan fingerprint density at radius 1 is 1.31 bits per heavy atom. The predicted octanol–water partition coefficient (Wildman–Crippen LogP) is 2.73. The Bertz CT molecular complexity index is 192. The standard InChI is InChI=1S/C11H20F3NO/c1-15-10(9-5-6-9)4-2-3-7-16-8-11(12,13)14/h9-10,15H,2-8H2,1H3. The third-order valence-electron chi connectivity index (χ3n) is 2.88. The van der Waals surface area contributed by atoms with Gasteiger partial charge in [0.25, 0.3) is 0 Å². The minimum absolute atomic E-state index is 0.209. The van der Waals surface area contributed by atoms with Crippen LogP contribution >= 0.6 is 0 Å². The van der Waals surface area contributed by atoms with Crippen molar-refractivity contribution in [2.24, 2.45) is 5.92 Å². The van der Waals surface area contributed by atoms with E-state index in [0.29, 0.717) is 12.5 Å². The monoisotopic (exact) mass is 239 g/mol. The third-order valence-corrected chi connectivity index (χ3v) is 2.88. The summed E-state index contributed by atoms with van der Waals surface area (Å²) in [5.74, 6) is 0.793. The van der Waals surface area contributed by atoms with E-state index in [1.165, 1.54) is 12.8 Å². The van der Waals surface area contributed by atoms with Crippen molar-refractivity contribution in [3.63, 3.8) is 0 Å². The van der Waals surface area contributed by atoms with Gasteiger partial charge in [0.2, 0.25) is 0 Å². The van der Waals surface area contributed by atoms with Crippen molar-refractivity contribution in [1.29, 1.82) is 0 Å². The Labute approximate surface area is 94.5 Å². The molecule has 16 heavy (non-hydrogen) atoms. The van der Waals surface area contributed by atoms with Crippen LogP contribution in [0.2, 0.25) is 0 Å². The molecule has 96 valence electrons. The second-order valence-corrected chi connectivity index (χ2v) is 4.40. The van der Waals surface area contributed by atoms with E-state index < -0.39 is 12.8 Å². The first-order valence-corrected chi connectivity index (χ1v) is 5.84. The predicted molar refractivity (Wildman–Crippen MR) is 56.3 cm³/mol. The van der Waals surface area contributed by atoms with Crippen LogP contribution in [-0.4, -0.2) is 32.5 Å². The molecule has 0 aromatic rings. The summed E-state index contributed by atoms with van der Waals surface area (Å²) in [5, 5.41) is 3.26. The van der Waals surface area contributed by atoms with Gasteiger partial charge in [-0.1, -0.05) is 0 Å². The maximum Gasteiger partial charge on any atom is 0.411 e. The lowest BCUT2D eigenvalue weighted by Crippen LogP contribution is -2.27. The molecule has 0 amide bonds. The molecule has 0 aromatic heterocycles. The number of ether oxygens (including phenoxy) is 1. The van der Waals surface area contributed by atoms with Crippen LogP contribution in [0.3, 0.4) is 0 Å². The normalized spacial score (nSPS) is 18.8. The molecule has 0 spiro atoms. The Morgan fingerprint density at radius 3 is 2.50 bits per heavy atom. The first-order valence-electron chi connectivity index (χ1n) is 5.84. The van der Waals surface area contributed by atoms with Gasteiger partial charge < -0.3 is 10.1 Å². The molecule has 0 saturated heterocycles. The zero-order valence-corrected chi connectivity index (χ0v) is 9.65. The maximum atomic E-state index is 11.7. The van der Waals surface area contributed by atoms with E-state index >= 15 is 0 Å². The summed E-state index contributed by atoms with van der Waals surface area (Å²) in [6.45, 7) is -0.911. The van der Waals surface area contributed by atoms with Crippen LogP contribution in [0.15, 0.2) is 0 Å². The van der Waals surface area contributed by atoms with E-state index in [1.54, 1.807) is 0 Å². The van der Waals surface area contributed by atoms with Gasteiger partial charge in [0.15, 0.2) is 0 Å². The number of halogens is 3. The van der Waals surface area contributed by atoms with E-state index in [4.69, 9.17) is 0 Å². The molecule has 1 N–H and O–H groups in total. The summed E-state index contributed by atoms with van der Waals surface area (Å²) < 4.78 is 39.7. The van der Waals surface area contributed by atoms with Crippen molar-refractivity contribution in [3.05, 3.63) is 0 Å². The van der Waals surface area contributed by atoms with Gasteiger partial charge in [-0.05, 0) is 45.1 Å². The number of unbranched alkanes of at least 4 members (excludes halogenated alkanes) is 1. The Kier molecular flexibility index (Phi) is 5.55. The lowest BCUT2D eigenvalue weighted by Gasteiger charge is -2.14. The highest BCUT2D eigenvalue weighted by Gasteiger charge is 2.29. The molecule has 0 radical (unpaired) electrons. The lowest BCUT2D eigenvalue weighted by atomic mass is 10.1. The lowest BCUT2D eigenvalue weighted by molar-refractivity contribution is -0.174. The molecule has 1 aliphatic rings. The average Bonchev–Trinajstić information content (AvgIpc) is 2.99. The minimum Gasteiger partial charge on any atom is -0.372 e. The number of nitrogens with one attached hydrogen (secondary N) is 1. The fourth-order valence-corrected chi connectivity index (χ4v) is 1.87. The topological polar surface area (TPSA) is 21.3 Å². The summed E-state index contributed by atoms with van der Waals surface area (Å²) in [6.07, 6.45) is 1.06. The quantitative estimate of drug-likeness (QED) is 0.658. The zero-order chi connectivity index (χ0) is 12.0. The molecular weight excluding hydrogens is 219 g/mol. The van der Waals surface area contributed by atoms with Crippen LogP contribution in [0.4, 0.5) is 13.2 Å². The fourth-order valence-electron chi connectivity index (χ4n) is 1.87. The van der Waals surface area contributed by atoms with Crippen LogP contribution in [0.5, 0.6) is 0 Å². The van der Waals surface area contributed by atoms with Crippen LogP contribution in [-0.2, 0) is 4.74 Å². The van der Waals surface area contributed by atoms with Gasteiger partial charge in [0.05, 0.1) is 0 Å². The first kappa shape index (κ1) is 13.8. The molecule has 2 nitrogen and oxygen atoms in total. The summed E-state index contributed by atoms with van der Waals surface area (Å²) in [7, 11) is 1.95. The van der Waals surface area contributed by atoms with Crippen molar-refractivity contribution >= 4 is 0 Å². The average molecular weight is 239 g/mol. The first-order chi connectivity index (χ1) is 7.53. The van der Waals surface area contributed by atoms with Gasteiger partial charge in [0.1, 0.15) is 6.61 Å². The summed E-state index contributed by atoms with van der Waals surface area (Å²) in [5.41, 5.74) is 0. The van der Waals surface area contributed by atoms with Crippen LogP contribution in [0.25, 0.3) is 0 Å². The summed E-state index contributed by atoms with van der Waals surface area (Å²) in [6, 6.07) is 0.544. The third kappa shape index (κ3) is 6.33. The van der Waals surface area contributed by atoms with Crippen molar-refractivity contribution in [2.75, 3.05) is 20.3 Å². The smallest absolute Gasteiger partial charge is 0.372 e. The van der Waals surface area contributed by atoms with Gasteiger partial charge in [-0.15, -0.1) is 0 Å². The van der Waals surface area contributed by atoms with E-state index in [9.17, 15) is 13.2 Å². The number of alkyl halides is 3. The molecule has 1 aliphatic carbocycles. The fraction of sp³-hybridized carbons (Fsp3) is 1.00. The molecule has 1 unspecified atom stereocenters. The van der Waals surface area contributed by atoms with Crippen LogP contribution in [0.1, 0.15) is 32.1 Å². The van der Waals surface area contributed by atoms with Gasteiger partial charge in [-0.3, -0.25) is 0 Å². The highest BCUT2D eigenvalue weighted by Crippen LogP contribution is 2.34. The van der Waals surface area contributed by atoms with E-state index in [2.05, 4.69) is 10.1 Å². The van der Waals surface area contributed by atoms with Gasteiger partial charge >= 0.3 is 6.18 Å². The molecule has 0 bridgehead atoms. The highest BCUT2D eigenvalue weighted by molar-refractivity contribution is 4.85. The Balaban J connectivity index is 1.91. The highest BCUT2D eigenvalue weighted by atomic mass is 19.4. The zero-order valence-electron chi connectivity index (χ0n) is 9.65. The Morgan fingerprint density at radius 2 is 2.00 bits per heavy atom. The molecule has 5 heteroatoms. The second-order valence-electron chi connectivity index (χ2n) is 4.40. The molecule has 0 aromatic carbocycles. The summed E-state index contributed by atoms with van der Waals surface area (Å²) in [4.78, 5) is 0. The molecule has 1 saturated carbocycles. The SMILES string of the molecule is CNC(CCCCOCC(F)(F)F)C1CC1. The largest absolute Gasteiger partial charge is 0.411 e. The van der Waals surface area contributed by atoms with Crippen molar-refractivity contribution < 1.29 is 17.9 Å². The number of hydrogen-bond acceptors (Lipinski definition) is 2. The van der Waals surface area contributed by atoms with E-state index in [1.807, 2.05) is 7.05 Å². The van der Waals surface area contributed by atoms with Crippen molar-refractivity contribution in [2.45, 2.75) is 44.3 Å². The Hall–Kier alpha value is -0.290. The molecule has 0 heterocycles. The maximum absolute atomic E-state index is 11.7.